The van der Waals surface area contributed by atoms with Gasteiger partial charge in [-0.2, -0.15) is 5.10 Å². The van der Waals surface area contributed by atoms with Crippen LogP contribution in [0.5, 0.6) is 0 Å². The van der Waals surface area contributed by atoms with E-state index in [1.807, 2.05) is 13.8 Å². The van der Waals surface area contributed by atoms with E-state index in [4.69, 9.17) is 4.74 Å². The maximum Gasteiger partial charge on any atom is 0.257 e. The van der Waals surface area contributed by atoms with Gasteiger partial charge >= 0.3 is 0 Å². The molecule has 0 aliphatic carbocycles. The third-order valence-electron chi connectivity index (χ3n) is 4.04. The molecule has 1 saturated heterocycles. The fourth-order valence-electron chi connectivity index (χ4n) is 2.68. The van der Waals surface area contributed by atoms with E-state index in [0.717, 1.165) is 5.69 Å². The van der Waals surface area contributed by atoms with E-state index in [2.05, 4.69) is 5.10 Å². The second-order valence-corrected chi connectivity index (χ2v) is 5.37. The van der Waals surface area contributed by atoms with Crippen LogP contribution in [0.3, 0.4) is 0 Å². The Morgan fingerprint density at radius 3 is 2.86 bits per heavy atom. The number of nitrogens with zero attached hydrogens (tertiary/aromatic N) is 3. The molecule has 1 aromatic heterocycles. The first kappa shape index (κ1) is 15.9. The summed E-state index contributed by atoms with van der Waals surface area (Å²) in [7, 11) is 1.40. The first-order chi connectivity index (χ1) is 9.90. The molecule has 0 N–H and O–H groups in total. The normalized spacial score (nSPS) is 21.6. The number of likely N-dealkylation sites (tertiary alicyclic amines) is 1. The van der Waals surface area contributed by atoms with Gasteiger partial charge in [0.05, 0.1) is 24.3 Å². The lowest BCUT2D eigenvalue weighted by Crippen LogP contribution is -2.50. The van der Waals surface area contributed by atoms with Gasteiger partial charge in [0, 0.05) is 38.9 Å². The van der Waals surface area contributed by atoms with Gasteiger partial charge in [-0.1, -0.05) is 0 Å². The van der Waals surface area contributed by atoms with Crippen LogP contribution in [-0.2, 0) is 11.3 Å². The van der Waals surface area contributed by atoms with Crippen molar-refractivity contribution >= 4 is 5.91 Å². The van der Waals surface area contributed by atoms with Crippen LogP contribution in [0.2, 0.25) is 0 Å². The largest absolute Gasteiger partial charge is 0.384 e. The molecule has 21 heavy (non-hydrogen) atoms. The molecular weight excluding hydrogens is 280 g/mol. The molecule has 0 saturated carbocycles. The highest BCUT2D eigenvalue weighted by atomic mass is 19.3. The Balaban J connectivity index is 2.14. The Morgan fingerprint density at radius 1 is 1.57 bits per heavy atom. The second-order valence-electron chi connectivity index (χ2n) is 5.37. The lowest BCUT2D eigenvalue weighted by atomic mass is 9.94. The minimum atomic E-state index is -2.78. The number of ether oxygens (including phenoxy) is 1. The Hall–Kier alpha value is -1.50. The van der Waals surface area contributed by atoms with Crippen molar-refractivity contribution in [1.29, 1.82) is 0 Å². The average molecular weight is 301 g/mol. The second kappa shape index (κ2) is 6.09. The highest BCUT2D eigenvalue weighted by Crippen LogP contribution is 2.34. The van der Waals surface area contributed by atoms with Crippen molar-refractivity contribution in [3.8, 4) is 0 Å². The molecule has 0 bridgehead atoms. The number of carbonyl (C=O) groups is 1. The van der Waals surface area contributed by atoms with Gasteiger partial charge in [-0.05, 0) is 13.8 Å². The molecule has 1 amide bonds. The molecule has 118 valence electrons. The van der Waals surface area contributed by atoms with Crippen LogP contribution in [0.15, 0.2) is 6.20 Å². The van der Waals surface area contributed by atoms with E-state index in [0.29, 0.717) is 12.1 Å². The third-order valence-corrected chi connectivity index (χ3v) is 4.04. The van der Waals surface area contributed by atoms with Crippen LogP contribution in [0.4, 0.5) is 8.78 Å². The molecule has 0 radical (unpaired) electrons. The van der Waals surface area contributed by atoms with Crippen LogP contribution in [0.25, 0.3) is 0 Å². The molecule has 0 aromatic carbocycles. The quantitative estimate of drug-likeness (QED) is 0.854. The van der Waals surface area contributed by atoms with Gasteiger partial charge in [0.1, 0.15) is 0 Å². The van der Waals surface area contributed by atoms with E-state index in [-0.39, 0.29) is 32.0 Å². The summed E-state index contributed by atoms with van der Waals surface area (Å²) in [6, 6.07) is 0. The minimum absolute atomic E-state index is 0.0103. The van der Waals surface area contributed by atoms with E-state index in [1.54, 1.807) is 4.68 Å². The molecule has 2 heterocycles. The number of hydrogen-bond acceptors (Lipinski definition) is 3. The molecule has 2 rings (SSSR count). The number of aromatic nitrogens is 2. The van der Waals surface area contributed by atoms with Crippen LogP contribution < -0.4 is 0 Å². The lowest BCUT2D eigenvalue weighted by molar-refractivity contribution is -0.117. The van der Waals surface area contributed by atoms with Gasteiger partial charge in [0.15, 0.2) is 0 Å². The number of aryl methyl sites for hydroxylation is 1. The summed E-state index contributed by atoms with van der Waals surface area (Å²) >= 11 is 0. The molecular formula is C14H21F2N3O2. The number of carbonyl (C=O) groups excluding carboxylic acids is 1. The van der Waals surface area contributed by atoms with Crippen LogP contribution >= 0.6 is 0 Å². The van der Waals surface area contributed by atoms with Crippen molar-refractivity contribution in [1.82, 2.24) is 14.7 Å². The maximum atomic E-state index is 13.8. The van der Waals surface area contributed by atoms with Crippen LogP contribution in [0.1, 0.15) is 29.4 Å². The summed E-state index contributed by atoms with van der Waals surface area (Å²) in [5.41, 5.74) is 1.25. The summed E-state index contributed by atoms with van der Waals surface area (Å²) < 4.78 is 34.2. The predicted molar refractivity (Wildman–Crippen MR) is 73.5 cm³/mol. The van der Waals surface area contributed by atoms with Crippen molar-refractivity contribution in [3.05, 3.63) is 17.5 Å². The molecule has 1 aliphatic heterocycles. The van der Waals surface area contributed by atoms with Crippen LogP contribution in [0, 0.1) is 12.8 Å². The van der Waals surface area contributed by atoms with E-state index in [1.165, 1.54) is 18.2 Å². The Kier molecular flexibility index (Phi) is 4.61. The molecule has 5 nitrogen and oxygen atoms in total. The minimum Gasteiger partial charge on any atom is -0.384 e. The summed E-state index contributed by atoms with van der Waals surface area (Å²) in [6.07, 6.45) is 1.19. The van der Waals surface area contributed by atoms with Gasteiger partial charge in [0.2, 0.25) is 0 Å². The summed E-state index contributed by atoms with van der Waals surface area (Å²) in [6.45, 7) is 4.44. The number of halogens is 2. The maximum absolute atomic E-state index is 13.8. The summed E-state index contributed by atoms with van der Waals surface area (Å²) in [4.78, 5) is 14.0. The molecule has 0 spiro atoms. The van der Waals surface area contributed by atoms with Crippen LogP contribution in [-0.4, -0.2) is 53.3 Å². The first-order valence-corrected chi connectivity index (χ1v) is 7.09. The fourth-order valence-corrected chi connectivity index (χ4v) is 2.68. The van der Waals surface area contributed by atoms with E-state index in [9.17, 15) is 13.6 Å². The van der Waals surface area contributed by atoms with Gasteiger partial charge < -0.3 is 9.64 Å². The molecule has 7 heteroatoms. The number of hydrogen-bond donors (Lipinski definition) is 0. The SMILES string of the molecule is CCn1ncc(C(=O)N2CCC(F)(F)C(COC)C2)c1C. The summed E-state index contributed by atoms with van der Waals surface area (Å²) in [5, 5.41) is 4.13. The average Bonchev–Trinajstić information content (AvgIpc) is 2.81. The van der Waals surface area contributed by atoms with Crippen molar-refractivity contribution in [2.45, 2.75) is 32.7 Å². The number of piperidine rings is 1. The van der Waals surface area contributed by atoms with Gasteiger partial charge in [-0.3, -0.25) is 9.48 Å². The molecule has 1 fully saturated rings. The number of alkyl halides is 2. The third kappa shape index (κ3) is 3.07. The van der Waals surface area contributed by atoms with E-state index >= 15 is 0 Å². The number of rotatable bonds is 4. The Morgan fingerprint density at radius 2 is 2.29 bits per heavy atom. The van der Waals surface area contributed by atoms with Crippen molar-refractivity contribution in [3.63, 3.8) is 0 Å². The van der Waals surface area contributed by atoms with Crippen molar-refractivity contribution in [2.75, 3.05) is 26.8 Å². The van der Waals surface area contributed by atoms with Crippen molar-refractivity contribution < 1.29 is 18.3 Å². The van der Waals surface area contributed by atoms with Gasteiger partial charge in [-0.15, -0.1) is 0 Å². The van der Waals surface area contributed by atoms with Gasteiger partial charge in [-0.25, -0.2) is 8.78 Å². The highest BCUT2D eigenvalue weighted by Gasteiger charge is 2.45. The van der Waals surface area contributed by atoms with Gasteiger partial charge in [0.25, 0.3) is 11.8 Å². The smallest absolute Gasteiger partial charge is 0.257 e. The lowest BCUT2D eigenvalue weighted by Gasteiger charge is -2.38. The monoisotopic (exact) mass is 301 g/mol. The van der Waals surface area contributed by atoms with E-state index < -0.39 is 11.8 Å². The zero-order chi connectivity index (χ0) is 15.6. The molecule has 1 aliphatic rings. The molecule has 1 atom stereocenters. The summed E-state index contributed by atoms with van der Waals surface area (Å²) in [5.74, 6) is -3.97. The number of amides is 1. The Bertz CT molecular complexity index is 516. The zero-order valence-corrected chi connectivity index (χ0v) is 12.6. The topological polar surface area (TPSA) is 47.4 Å². The fraction of sp³-hybridized carbons (Fsp3) is 0.714. The Labute approximate surface area is 122 Å². The first-order valence-electron chi connectivity index (χ1n) is 7.09. The van der Waals surface area contributed by atoms with Crippen molar-refractivity contribution in [2.24, 2.45) is 5.92 Å². The zero-order valence-electron chi connectivity index (χ0n) is 12.6. The molecule has 1 unspecified atom stereocenters. The highest BCUT2D eigenvalue weighted by molar-refractivity contribution is 5.95. The number of methoxy groups -OCH3 is 1. The molecule has 1 aromatic rings. The standard InChI is InChI=1S/C14H21F2N3O2/c1-4-19-10(2)12(7-17-19)13(20)18-6-5-14(15,16)11(8-18)9-21-3/h7,11H,4-6,8-9H2,1-3H3. The predicted octanol–water partition coefficient (Wildman–Crippen LogP) is 1.96.